The fourth-order valence-electron chi connectivity index (χ4n) is 1.78. The molecule has 3 nitrogen and oxygen atoms in total. The Bertz CT molecular complexity index is 346. The highest BCUT2D eigenvalue weighted by Crippen LogP contribution is 2.27. The van der Waals surface area contributed by atoms with E-state index in [1.54, 1.807) is 0 Å². The lowest BCUT2D eigenvalue weighted by Gasteiger charge is -2.25. The van der Waals surface area contributed by atoms with Gasteiger partial charge in [0.15, 0.2) is 6.19 Å². The number of hydrogen-bond donors (Lipinski definition) is 0. The largest absolute Gasteiger partial charge is 0.268 e. The third kappa shape index (κ3) is 1.25. The van der Waals surface area contributed by atoms with E-state index in [0.717, 1.165) is 24.8 Å². The number of carbonyl (C=O) groups excluding carboxylic acids is 1. The van der Waals surface area contributed by atoms with Gasteiger partial charge < -0.3 is 0 Å². The van der Waals surface area contributed by atoms with Gasteiger partial charge in [-0.05, 0) is 19.3 Å². The summed E-state index contributed by atoms with van der Waals surface area (Å²) in [6, 6.07) is 0. The van der Waals surface area contributed by atoms with E-state index >= 15 is 0 Å². The van der Waals surface area contributed by atoms with Crippen LogP contribution in [0.4, 0.5) is 0 Å². The first-order valence-electron chi connectivity index (χ1n) is 4.43. The predicted octanol–water partition coefficient (Wildman–Crippen LogP) is 1.35. The van der Waals surface area contributed by atoms with Gasteiger partial charge >= 0.3 is 0 Å². The Hall–Kier alpha value is -1.56. The van der Waals surface area contributed by atoms with Crippen LogP contribution in [-0.4, -0.2) is 17.4 Å². The SMILES string of the molecule is N#CN1CCC2=C(C=CCC2)C1=O. The van der Waals surface area contributed by atoms with Crippen molar-refractivity contribution < 1.29 is 4.79 Å². The van der Waals surface area contributed by atoms with Crippen LogP contribution in [0.25, 0.3) is 0 Å². The van der Waals surface area contributed by atoms with Crippen LogP contribution < -0.4 is 0 Å². The Morgan fingerprint density at radius 3 is 3.08 bits per heavy atom. The molecule has 0 saturated carbocycles. The summed E-state index contributed by atoms with van der Waals surface area (Å²) in [5, 5.41) is 8.66. The lowest BCUT2D eigenvalue weighted by molar-refractivity contribution is -0.124. The molecule has 2 rings (SSSR count). The predicted molar refractivity (Wildman–Crippen MR) is 47.3 cm³/mol. The average molecular weight is 174 g/mol. The van der Waals surface area contributed by atoms with Crippen molar-refractivity contribution in [2.24, 2.45) is 0 Å². The molecule has 0 fully saturated rings. The third-order valence-corrected chi connectivity index (χ3v) is 2.51. The van der Waals surface area contributed by atoms with Gasteiger partial charge in [0, 0.05) is 12.1 Å². The van der Waals surface area contributed by atoms with Gasteiger partial charge in [0.2, 0.25) is 0 Å². The van der Waals surface area contributed by atoms with Gasteiger partial charge in [0.25, 0.3) is 5.91 Å². The van der Waals surface area contributed by atoms with Gasteiger partial charge in [0.1, 0.15) is 0 Å². The number of carbonyl (C=O) groups is 1. The molecule has 0 N–H and O–H groups in total. The van der Waals surface area contributed by atoms with Crippen LogP contribution in [0.1, 0.15) is 19.3 Å². The number of hydrogen-bond acceptors (Lipinski definition) is 2. The molecule has 0 unspecified atom stereocenters. The molecule has 1 amide bonds. The first-order chi connectivity index (χ1) is 6.33. The van der Waals surface area contributed by atoms with E-state index in [4.69, 9.17) is 5.26 Å². The van der Waals surface area contributed by atoms with Crippen LogP contribution in [0.3, 0.4) is 0 Å². The van der Waals surface area contributed by atoms with Crippen LogP contribution in [0.15, 0.2) is 23.3 Å². The summed E-state index contributed by atoms with van der Waals surface area (Å²) >= 11 is 0. The smallest absolute Gasteiger partial charge is 0.266 e. The molecule has 1 aliphatic heterocycles. The molecule has 66 valence electrons. The van der Waals surface area contributed by atoms with E-state index in [9.17, 15) is 4.79 Å². The zero-order valence-corrected chi connectivity index (χ0v) is 7.29. The van der Waals surface area contributed by atoms with E-state index < -0.39 is 0 Å². The highest BCUT2D eigenvalue weighted by atomic mass is 16.2. The molecular formula is C10H10N2O. The molecule has 2 aliphatic rings. The Morgan fingerprint density at radius 1 is 1.46 bits per heavy atom. The molecule has 0 aromatic carbocycles. The molecule has 3 heteroatoms. The van der Waals surface area contributed by atoms with Crippen molar-refractivity contribution in [3.63, 3.8) is 0 Å². The Kier molecular flexibility index (Phi) is 1.90. The third-order valence-electron chi connectivity index (χ3n) is 2.51. The first kappa shape index (κ1) is 8.06. The van der Waals surface area contributed by atoms with E-state index in [2.05, 4.69) is 0 Å². The van der Waals surface area contributed by atoms with Gasteiger partial charge in [-0.3, -0.25) is 4.79 Å². The molecule has 0 spiro atoms. The molecule has 1 heterocycles. The maximum Gasteiger partial charge on any atom is 0.266 e. The second-order valence-electron chi connectivity index (χ2n) is 3.27. The fraction of sp³-hybridized carbons (Fsp3) is 0.400. The summed E-state index contributed by atoms with van der Waals surface area (Å²) in [6.45, 7) is 0.558. The molecule has 0 atom stereocenters. The molecule has 0 bridgehead atoms. The molecule has 0 aromatic heterocycles. The standard InChI is InChI=1S/C10H10N2O/c11-7-12-6-5-8-3-1-2-4-9(8)10(12)13/h2,4H,1,3,5-6H2. The normalized spacial score (nSPS) is 21.5. The highest BCUT2D eigenvalue weighted by molar-refractivity contribution is 5.99. The van der Waals surface area contributed by atoms with Crippen LogP contribution in [0.5, 0.6) is 0 Å². The molecule has 0 aromatic rings. The van der Waals surface area contributed by atoms with E-state index in [1.165, 1.54) is 10.5 Å². The minimum Gasteiger partial charge on any atom is -0.268 e. The Labute approximate surface area is 76.9 Å². The van der Waals surface area contributed by atoms with Crippen LogP contribution in [0.2, 0.25) is 0 Å². The van der Waals surface area contributed by atoms with Crippen molar-refractivity contribution in [3.05, 3.63) is 23.3 Å². The van der Waals surface area contributed by atoms with Crippen molar-refractivity contribution in [2.75, 3.05) is 6.54 Å². The number of allylic oxidation sites excluding steroid dienone is 1. The van der Waals surface area contributed by atoms with Gasteiger partial charge in [-0.2, -0.15) is 5.26 Å². The second-order valence-corrected chi connectivity index (χ2v) is 3.27. The van der Waals surface area contributed by atoms with E-state index in [1.807, 2.05) is 18.3 Å². The van der Waals surface area contributed by atoms with Crippen molar-refractivity contribution in [1.29, 1.82) is 5.26 Å². The lowest BCUT2D eigenvalue weighted by atomic mass is 9.91. The zero-order chi connectivity index (χ0) is 9.26. The van der Waals surface area contributed by atoms with E-state index in [-0.39, 0.29) is 5.91 Å². The number of rotatable bonds is 0. The van der Waals surface area contributed by atoms with Crippen LogP contribution in [0, 0.1) is 11.5 Å². The number of nitrogens with zero attached hydrogens (tertiary/aromatic N) is 2. The summed E-state index contributed by atoms with van der Waals surface area (Å²) in [5.41, 5.74) is 1.97. The fourth-order valence-corrected chi connectivity index (χ4v) is 1.78. The van der Waals surface area contributed by atoms with Crippen LogP contribution >= 0.6 is 0 Å². The van der Waals surface area contributed by atoms with Crippen molar-refractivity contribution in [2.45, 2.75) is 19.3 Å². The number of nitriles is 1. The first-order valence-corrected chi connectivity index (χ1v) is 4.43. The summed E-state index contributed by atoms with van der Waals surface area (Å²) in [6.07, 6.45) is 8.62. The molecule has 0 radical (unpaired) electrons. The Balaban J connectivity index is 2.34. The van der Waals surface area contributed by atoms with Gasteiger partial charge in [-0.1, -0.05) is 17.7 Å². The minimum atomic E-state index is -0.125. The molecule has 0 saturated heterocycles. The van der Waals surface area contributed by atoms with Gasteiger partial charge in [-0.15, -0.1) is 0 Å². The maximum atomic E-state index is 11.6. The maximum absolute atomic E-state index is 11.6. The second kappa shape index (κ2) is 3.06. The quantitative estimate of drug-likeness (QED) is 0.520. The summed E-state index contributed by atoms with van der Waals surface area (Å²) < 4.78 is 0. The monoisotopic (exact) mass is 174 g/mol. The summed E-state index contributed by atoms with van der Waals surface area (Å²) in [5.74, 6) is -0.125. The van der Waals surface area contributed by atoms with Crippen LogP contribution in [-0.2, 0) is 4.79 Å². The number of amides is 1. The van der Waals surface area contributed by atoms with Gasteiger partial charge in [0.05, 0.1) is 0 Å². The average Bonchev–Trinajstić information content (AvgIpc) is 2.19. The lowest BCUT2D eigenvalue weighted by Crippen LogP contribution is -2.33. The zero-order valence-electron chi connectivity index (χ0n) is 7.29. The Morgan fingerprint density at radius 2 is 2.31 bits per heavy atom. The molecule has 13 heavy (non-hydrogen) atoms. The van der Waals surface area contributed by atoms with Crippen molar-refractivity contribution in [1.82, 2.24) is 4.90 Å². The van der Waals surface area contributed by atoms with Gasteiger partial charge in [-0.25, -0.2) is 4.90 Å². The summed E-state index contributed by atoms with van der Waals surface area (Å²) in [4.78, 5) is 12.8. The van der Waals surface area contributed by atoms with E-state index in [0.29, 0.717) is 6.54 Å². The summed E-state index contributed by atoms with van der Waals surface area (Å²) in [7, 11) is 0. The van der Waals surface area contributed by atoms with Crippen molar-refractivity contribution in [3.8, 4) is 6.19 Å². The van der Waals surface area contributed by atoms with Crippen molar-refractivity contribution >= 4 is 5.91 Å². The molecular weight excluding hydrogens is 164 g/mol. The highest BCUT2D eigenvalue weighted by Gasteiger charge is 2.25. The molecule has 1 aliphatic carbocycles. The topological polar surface area (TPSA) is 44.1 Å². The minimum absolute atomic E-state index is 0.125.